The number of hydrogen-bond acceptors (Lipinski definition) is 4. The quantitative estimate of drug-likeness (QED) is 0.552. The predicted molar refractivity (Wildman–Crippen MR) is 131 cm³/mol. The van der Waals surface area contributed by atoms with Crippen LogP contribution in [0.1, 0.15) is 92.4 Å². The van der Waals surface area contributed by atoms with Gasteiger partial charge in [0.05, 0.1) is 18.3 Å². The lowest BCUT2D eigenvalue weighted by atomic mass is 9.41. The molecule has 2 N–H and O–H groups in total. The molecule has 5 nitrogen and oxygen atoms in total. The standard InChI is InChI=1S/C29H47NO4/c1-17-13-18(15-33-24(32)30-6)34-19-14-27(5)21-8-7-20-25(2,3)22(31)9-10-28(20)16-29(21,28)12-11-26(27,4)23(17)19/h17-23,31H,7-16H2,1-6H3,(H,30,32)/t17-,18?,19?,20?,21?,22?,23?,26?,27?,28?,29?/m1/s1. The summed E-state index contributed by atoms with van der Waals surface area (Å²) in [4.78, 5) is 11.6. The van der Waals surface area contributed by atoms with Crippen molar-refractivity contribution in [3.8, 4) is 0 Å². The number of carbonyl (C=O) groups is 1. The SMILES string of the molecule is CNC(=O)OCC1C[C@@H](C)C2C(CC3(C)C4CCC5C(C)(C)C(O)CCC56CC46CCC23C)O1. The van der Waals surface area contributed by atoms with Gasteiger partial charge in [0.15, 0.2) is 0 Å². The van der Waals surface area contributed by atoms with E-state index in [0.29, 0.717) is 46.0 Å². The number of rotatable bonds is 2. The second kappa shape index (κ2) is 7.15. The number of amides is 1. The molecule has 6 fully saturated rings. The van der Waals surface area contributed by atoms with Crippen LogP contribution in [-0.2, 0) is 9.47 Å². The lowest BCUT2D eigenvalue weighted by Crippen LogP contribution is -2.57. The van der Waals surface area contributed by atoms with Crippen molar-refractivity contribution in [2.24, 2.45) is 50.7 Å². The Labute approximate surface area is 206 Å². The molecule has 5 heteroatoms. The highest BCUT2D eigenvalue weighted by atomic mass is 16.6. The van der Waals surface area contributed by atoms with Gasteiger partial charge in [-0.25, -0.2) is 4.79 Å². The number of aliphatic hydroxyl groups is 1. The van der Waals surface area contributed by atoms with Gasteiger partial charge in [-0.05, 0) is 109 Å². The normalized spacial score (nSPS) is 56.7. The van der Waals surface area contributed by atoms with Gasteiger partial charge in [0, 0.05) is 7.05 Å². The smallest absolute Gasteiger partial charge is 0.406 e. The van der Waals surface area contributed by atoms with Crippen LogP contribution < -0.4 is 5.32 Å². The summed E-state index contributed by atoms with van der Waals surface area (Å²) in [6.45, 7) is 12.7. The number of fused-ring (bicyclic) bond motifs is 4. The maximum Gasteiger partial charge on any atom is 0.406 e. The van der Waals surface area contributed by atoms with Crippen molar-refractivity contribution < 1.29 is 19.4 Å². The van der Waals surface area contributed by atoms with E-state index in [9.17, 15) is 9.90 Å². The molecule has 192 valence electrons. The number of ether oxygens (including phenoxy) is 2. The fourth-order valence-corrected chi connectivity index (χ4v) is 11.8. The van der Waals surface area contributed by atoms with Crippen molar-refractivity contribution in [1.82, 2.24) is 5.32 Å². The Kier molecular flexibility index (Phi) is 4.96. The fourth-order valence-electron chi connectivity index (χ4n) is 11.8. The van der Waals surface area contributed by atoms with E-state index in [1.54, 1.807) is 7.05 Å². The van der Waals surface area contributed by atoms with E-state index >= 15 is 0 Å². The summed E-state index contributed by atoms with van der Waals surface area (Å²) in [6.07, 6.45) is 10.9. The summed E-state index contributed by atoms with van der Waals surface area (Å²) in [6, 6.07) is 0. The van der Waals surface area contributed by atoms with E-state index < -0.39 is 0 Å². The second-order valence-electron chi connectivity index (χ2n) is 14.5. The first-order chi connectivity index (χ1) is 15.9. The number of hydrogen-bond donors (Lipinski definition) is 2. The summed E-state index contributed by atoms with van der Waals surface area (Å²) < 4.78 is 12.1. The summed E-state index contributed by atoms with van der Waals surface area (Å²) in [5.41, 5.74) is 1.65. The van der Waals surface area contributed by atoms with Crippen molar-refractivity contribution in [1.29, 1.82) is 0 Å². The molecule has 0 bridgehead atoms. The minimum absolute atomic E-state index is 0.0125. The molecular formula is C29H47NO4. The largest absolute Gasteiger partial charge is 0.447 e. The van der Waals surface area contributed by atoms with E-state index in [1.807, 2.05) is 0 Å². The summed E-state index contributed by atoms with van der Waals surface area (Å²) in [5.74, 6) is 2.65. The third-order valence-electron chi connectivity index (χ3n) is 13.3. The minimum Gasteiger partial charge on any atom is -0.447 e. The summed E-state index contributed by atoms with van der Waals surface area (Å²) in [7, 11) is 1.61. The molecule has 10 unspecified atom stereocenters. The number of nitrogens with one attached hydrogen (secondary N) is 1. The Bertz CT molecular complexity index is 874. The molecular weight excluding hydrogens is 426 g/mol. The molecule has 1 saturated heterocycles. The molecule has 1 aliphatic heterocycles. The Morgan fingerprint density at radius 2 is 1.74 bits per heavy atom. The van der Waals surface area contributed by atoms with Crippen LogP contribution in [0.25, 0.3) is 0 Å². The van der Waals surface area contributed by atoms with Crippen LogP contribution in [0.5, 0.6) is 0 Å². The number of aliphatic hydroxyl groups excluding tert-OH is 1. The van der Waals surface area contributed by atoms with E-state index in [1.165, 1.54) is 38.5 Å². The third-order valence-corrected chi connectivity index (χ3v) is 13.3. The molecule has 11 atom stereocenters. The molecule has 5 aliphatic carbocycles. The van der Waals surface area contributed by atoms with Crippen LogP contribution >= 0.6 is 0 Å². The zero-order chi connectivity index (χ0) is 24.3. The molecule has 2 spiro atoms. The van der Waals surface area contributed by atoms with Gasteiger partial charge < -0.3 is 19.9 Å². The van der Waals surface area contributed by atoms with Gasteiger partial charge in [-0.2, -0.15) is 0 Å². The molecule has 1 amide bonds. The summed E-state index contributed by atoms with van der Waals surface area (Å²) >= 11 is 0. The molecule has 6 aliphatic rings. The highest BCUT2D eigenvalue weighted by Crippen LogP contribution is 2.89. The lowest BCUT2D eigenvalue weighted by Gasteiger charge is -2.63. The van der Waals surface area contributed by atoms with Crippen molar-refractivity contribution in [3.05, 3.63) is 0 Å². The Balaban J connectivity index is 1.28. The monoisotopic (exact) mass is 473 g/mol. The zero-order valence-corrected chi connectivity index (χ0v) is 22.3. The molecule has 0 aromatic carbocycles. The number of carbonyl (C=O) groups excluding carboxylic acids is 1. The van der Waals surface area contributed by atoms with E-state index in [4.69, 9.17) is 9.47 Å². The highest BCUT2D eigenvalue weighted by Gasteiger charge is 2.83. The molecule has 6 rings (SSSR count). The van der Waals surface area contributed by atoms with Crippen LogP contribution in [0.4, 0.5) is 4.79 Å². The van der Waals surface area contributed by atoms with Gasteiger partial charge in [-0.1, -0.05) is 34.6 Å². The topological polar surface area (TPSA) is 67.8 Å². The van der Waals surface area contributed by atoms with Crippen LogP contribution in [0.2, 0.25) is 0 Å². The molecule has 1 heterocycles. The van der Waals surface area contributed by atoms with E-state index in [0.717, 1.165) is 25.2 Å². The molecule has 0 aromatic rings. The first-order valence-corrected chi connectivity index (χ1v) is 14.1. The van der Waals surface area contributed by atoms with Crippen molar-refractivity contribution in [2.75, 3.05) is 13.7 Å². The Morgan fingerprint density at radius 1 is 1.03 bits per heavy atom. The third kappa shape index (κ3) is 2.67. The zero-order valence-electron chi connectivity index (χ0n) is 22.3. The van der Waals surface area contributed by atoms with Crippen LogP contribution in [-0.4, -0.2) is 43.2 Å². The van der Waals surface area contributed by atoms with Gasteiger partial charge >= 0.3 is 6.09 Å². The van der Waals surface area contributed by atoms with E-state index in [2.05, 4.69) is 39.9 Å². The maximum atomic E-state index is 11.6. The van der Waals surface area contributed by atoms with Crippen molar-refractivity contribution in [3.63, 3.8) is 0 Å². The Morgan fingerprint density at radius 3 is 2.47 bits per heavy atom. The van der Waals surface area contributed by atoms with Gasteiger partial charge in [-0.3, -0.25) is 0 Å². The van der Waals surface area contributed by atoms with Gasteiger partial charge in [-0.15, -0.1) is 0 Å². The summed E-state index contributed by atoms with van der Waals surface area (Å²) in [5, 5.41) is 13.4. The molecule has 5 saturated carbocycles. The predicted octanol–water partition coefficient (Wildman–Crippen LogP) is 5.55. The average molecular weight is 474 g/mol. The first kappa shape index (κ1) is 23.6. The van der Waals surface area contributed by atoms with Crippen molar-refractivity contribution in [2.45, 2.75) is 111 Å². The van der Waals surface area contributed by atoms with Crippen molar-refractivity contribution >= 4 is 6.09 Å². The van der Waals surface area contributed by atoms with Gasteiger partial charge in [0.2, 0.25) is 0 Å². The van der Waals surface area contributed by atoms with Crippen LogP contribution in [0, 0.1) is 50.7 Å². The molecule has 0 aromatic heterocycles. The lowest BCUT2D eigenvalue weighted by molar-refractivity contribution is -0.168. The number of alkyl carbamates (subject to hydrolysis) is 1. The van der Waals surface area contributed by atoms with Gasteiger partial charge in [0.25, 0.3) is 0 Å². The first-order valence-electron chi connectivity index (χ1n) is 14.1. The minimum atomic E-state index is -0.365. The average Bonchev–Trinajstić information content (AvgIpc) is 3.38. The second-order valence-corrected chi connectivity index (χ2v) is 14.5. The molecule has 0 radical (unpaired) electrons. The van der Waals surface area contributed by atoms with Gasteiger partial charge in [0.1, 0.15) is 6.61 Å². The highest BCUT2D eigenvalue weighted by molar-refractivity contribution is 5.66. The Hall–Kier alpha value is -0.810. The van der Waals surface area contributed by atoms with Crippen LogP contribution in [0.3, 0.4) is 0 Å². The van der Waals surface area contributed by atoms with Crippen LogP contribution in [0.15, 0.2) is 0 Å². The molecule has 34 heavy (non-hydrogen) atoms. The maximum absolute atomic E-state index is 11.6. The van der Waals surface area contributed by atoms with E-state index in [-0.39, 0.29) is 29.8 Å². The fraction of sp³-hybridized carbons (Fsp3) is 0.966.